The Morgan fingerprint density at radius 3 is 2.42 bits per heavy atom. The van der Waals surface area contributed by atoms with Crippen molar-refractivity contribution in [1.82, 2.24) is 25.6 Å². The van der Waals surface area contributed by atoms with Gasteiger partial charge in [-0.05, 0) is 50.3 Å². The van der Waals surface area contributed by atoms with Crippen LogP contribution in [0.1, 0.15) is 37.8 Å². The lowest BCUT2D eigenvalue weighted by molar-refractivity contribution is -0.135. The minimum Gasteiger partial charge on any atom is -0.450 e. The van der Waals surface area contributed by atoms with E-state index in [4.69, 9.17) is 4.74 Å². The zero-order valence-corrected chi connectivity index (χ0v) is 19.7. The molecule has 1 aromatic rings. The Morgan fingerprint density at radius 1 is 1.03 bits per heavy atom. The minimum atomic E-state index is -0.262. The number of nitrogens with zero attached hydrogens (tertiary/aromatic N) is 3. The van der Waals surface area contributed by atoms with Gasteiger partial charge in [0.1, 0.15) is 0 Å². The molecule has 1 spiro atoms. The normalized spacial score (nSPS) is 29.3. The third-order valence-corrected chi connectivity index (χ3v) is 8.20. The molecule has 8 heteroatoms. The number of piperidine rings is 1. The summed E-state index contributed by atoms with van der Waals surface area (Å²) in [5.41, 5.74) is 8.38. The number of amides is 2. The van der Waals surface area contributed by atoms with Gasteiger partial charge in [-0.2, -0.15) is 0 Å². The van der Waals surface area contributed by atoms with E-state index in [2.05, 4.69) is 46.1 Å². The molecule has 4 aliphatic rings. The van der Waals surface area contributed by atoms with E-state index in [9.17, 15) is 9.59 Å². The largest absolute Gasteiger partial charge is 0.450 e. The Labute approximate surface area is 196 Å². The molecule has 1 aliphatic carbocycles. The molecule has 1 saturated carbocycles. The molecule has 3 unspecified atom stereocenters. The van der Waals surface area contributed by atoms with Crippen LogP contribution in [0, 0.1) is 17.3 Å². The molecule has 2 N–H and O–H groups in total. The van der Waals surface area contributed by atoms with Gasteiger partial charge >= 0.3 is 6.09 Å². The monoisotopic (exact) mass is 455 g/mol. The fourth-order valence-electron chi connectivity index (χ4n) is 6.03. The zero-order chi connectivity index (χ0) is 22.8. The van der Waals surface area contributed by atoms with Gasteiger partial charge in [-0.25, -0.2) is 10.2 Å². The summed E-state index contributed by atoms with van der Waals surface area (Å²) in [7, 11) is 0. The molecule has 0 aromatic heterocycles. The highest BCUT2D eigenvalue weighted by atomic mass is 16.6. The van der Waals surface area contributed by atoms with Crippen molar-refractivity contribution in [2.75, 3.05) is 59.0 Å². The fraction of sp³-hybridized carbons (Fsp3) is 0.680. The Morgan fingerprint density at radius 2 is 1.73 bits per heavy atom. The van der Waals surface area contributed by atoms with Gasteiger partial charge in [0, 0.05) is 51.1 Å². The Kier molecular flexibility index (Phi) is 6.58. The molecule has 3 heterocycles. The van der Waals surface area contributed by atoms with Crippen LogP contribution in [0.4, 0.5) is 4.79 Å². The lowest BCUT2D eigenvalue weighted by Crippen LogP contribution is -2.51. The van der Waals surface area contributed by atoms with Crippen molar-refractivity contribution in [2.24, 2.45) is 17.3 Å². The van der Waals surface area contributed by atoms with E-state index in [0.29, 0.717) is 50.7 Å². The molecule has 0 bridgehead atoms. The van der Waals surface area contributed by atoms with Crippen molar-refractivity contribution >= 4 is 12.0 Å². The van der Waals surface area contributed by atoms with Gasteiger partial charge in [-0.3, -0.25) is 10.2 Å². The third-order valence-electron chi connectivity index (χ3n) is 8.20. The molecule has 4 fully saturated rings. The fourth-order valence-corrected chi connectivity index (χ4v) is 6.03. The highest BCUT2D eigenvalue weighted by molar-refractivity contribution is 5.83. The third kappa shape index (κ3) is 4.74. The van der Waals surface area contributed by atoms with Gasteiger partial charge in [-0.1, -0.05) is 30.3 Å². The van der Waals surface area contributed by atoms with Crippen molar-refractivity contribution < 1.29 is 14.3 Å². The van der Waals surface area contributed by atoms with Crippen LogP contribution in [0.3, 0.4) is 0 Å². The van der Waals surface area contributed by atoms with Crippen LogP contribution in [-0.2, 0) is 9.53 Å². The van der Waals surface area contributed by atoms with E-state index in [1.54, 1.807) is 4.90 Å². The molecule has 0 radical (unpaired) electrons. The van der Waals surface area contributed by atoms with Crippen molar-refractivity contribution in [3.63, 3.8) is 0 Å². The highest BCUT2D eigenvalue weighted by Gasteiger charge is 2.59. The molecule has 180 valence electrons. The molecule has 3 saturated heterocycles. The summed E-state index contributed by atoms with van der Waals surface area (Å²) >= 11 is 0. The number of benzene rings is 1. The SMILES string of the molecule is CCOC(=O)N1CCN(C(=O)C2CC23CCN(CC2CNNC2c2ccccc2)CC3)CC1. The van der Waals surface area contributed by atoms with Gasteiger partial charge in [-0.15, -0.1) is 0 Å². The summed E-state index contributed by atoms with van der Waals surface area (Å²) in [6.07, 6.45) is 3.02. The van der Waals surface area contributed by atoms with Crippen molar-refractivity contribution in [3.8, 4) is 0 Å². The average molecular weight is 456 g/mol. The standard InChI is InChI=1S/C25H37N5O3/c1-2-33-24(32)30-14-12-29(13-15-30)23(31)21-16-25(21)8-10-28(11-9-25)18-20-17-26-27-22(20)19-6-4-3-5-7-19/h3-7,20-22,26-27H,2,8-18H2,1H3. The van der Waals surface area contributed by atoms with Crippen LogP contribution in [-0.4, -0.2) is 85.7 Å². The number of hydrazine groups is 1. The van der Waals surface area contributed by atoms with Gasteiger partial charge in [0.15, 0.2) is 0 Å². The molecule has 2 amide bonds. The number of carbonyl (C=O) groups excluding carboxylic acids is 2. The highest BCUT2D eigenvalue weighted by Crippen LogP contribution is 2.60. The van der Waals surface area contributed by atoms with E-state index in [1.807, 2.05) is 11.8 Å². The molecule has 3 atom stereocenters. The van der Waals surface area contributed by atoms with Crippen molar-refractivity contribution in [1.29, 1.82) is 0 Å². The number of carbonyl (C=O) groups is 2. The first-order valence-corrected chi connectivity index (χ1v) is 12.6. The summed E-state index contributed by atoms with van der Waals surface area (Å²) < 4.78 is 5.09. The summed E-state index contributed by atoms with van der Waals surface area (Å²) in [5, 5.41) is 0. The zero-order valence-electron chi connectivity index (χ0n) is 19.7. The van der Waals surface area contributed by atoms with Crippen LogP contribution >= 0.6 is 0 Å². The average Bonchev–Trinajstić information content (AvgIpc) is 3.35. The molecular formula is C25H37N5O3. The number of piperazine rings is 1. The molecule has 5 rings (SSSR count). The second-order valence-electron chi connectivity index (χ2n) is 10.1. The molecule has 3 aliphatic heterocycles. The van der Waals surface area contributed by atoms with E-state index in [-0.39, 0.29) is 17.4 Å². The predicted molar refractivity (Wildman–Crippen MR) is 125 cm³/mol. The second kappa shape index (κ2) is 9.60. The van der Waals surface area contributed by atoms with Crippen molar-refractivity contribution in [2.45, 2.75) is 32.2 Å². The van der Waals surface area contributed by atoms with Gasteiger partial charge in [0.2, 0.25) is 5.91 Å². The van der Waals surface area contributed by atoms with E-state index in [1.165, 1.54) is 5.56 Å². The van der Waals surface area contributed by atoms with Crippen LogP contribution in [0.5, 0.6) is 0 Å². The summed E-state index contributed by atoms with van der Waals surface area (Å²) in [5.74, 6) is 1.04. The quantitative estimate of drug-likeness (QED) is 0.706. The summed E-state index contributed by atoms with van der Waals surface area (Å²) in [6, 6.07) is 11.0. The smallest absolute Gasteiger partial charge is 0.409 e. The molecule has 33 heavy (non-hydrogen) atoms. The van der Waals surface area contributed by atoms with E-state index in [0.717, 1.165) is 45.4 Å². The lowest BCUT2D eigenvalue weighted by Gasteiger charge is -2.37. The topological polar surface area (TPSA) is 77.2 Å². The summed E-state index contributed by atoms with van der Waals surface area (Å²) in [4.78, 5) is 31.3. The first kappa shape index (κ1) is 22.6. The number of rotatable bonds is 5. The van der Waals surface area contributed by atoms with Crippen LogP contribution < -0.4 is 10.9 Å². The Balaban J connectivity index is 1.08. The number of hydrogen-bond donors (Lipinski definition) is 2. The number of ether oxygens (including phenoxy) is 1. The number of nitrogens with one attached hydrogen (secondary N) is 2. The Bertz CT molecular complexity index is 834. The molecule has 8 nitrogen and oxygen atoms in total. The Hall–Kier alpha value is -2.16. The summed E-state index contributed by atoms with van der Waals surface area (Å²) in [6.45, 7) is 8.84. The first-order chi connectivity index (χ1) is 16.1. The first-order valence-electron chi connectivity index (χ1n) is 12.6. The second-order valence-corrected chi connectivity index (χ2v) is 10.1. The predicted octanol–water partition coefficient (Wildman–Crippen LogP) is 1.85. The van der Waals surface area contributed by atoms with Crippen molar-refractivity contribution in [3.05, 3.63) is 35.9 Å². The maximum atomic E-state index is 13.2. The maximum Gasteiger partial charge on any atom is 0.409 e. The van der Waals surface area contributed by atoms with Crippen LogP contribution in [0.25, 0.3) is 0 Å². The minimum absolute atomic E-state index is 0.181. The van der Waals surface area contributed by atoms with E-state index < -0.39 is 0 Å². The molecular weight excluding hydrogens is 418 g/mol. The lowest BCUT2D eigenvalue weighted by atomic mass is 9.88. The number of likely N-dealkylation sites (tertiary alicyclic amines) is 1. The number of hydrogen-bond acceptors (Lipinski definition) is 6. The molecule has 1 aromatic carbocycles. The van der Waals surface area contributed by atoms with Gasteiger partial charge in [0.05, 0.1) is 12.6 Å². The maximum absolute atomic E-state index is 13.2. The van der Waals surface area contributed by atoms with E-state index >= 15 is 0 Å². The van der Waals surface area contributed by atoms with Crippen LogP contribution in [0.2, 0.25) is 0 Å². The van der Waals surface area contributed by atoms with Gasteiger partial charge < -0.3 is 19.4 Å². The van der Waals surface area contributed by atoms with Gasteiger partial charge in [0.25, 0.3) is 0 Å². The van der Waals surface area contributed by atoms with Crippen LogP contribution in [0.15, 0.2) is 30.3 Å².